The Bertz CT molecular complexity index is 1150. The summed E-state index contributed by atoms with van der Waals surface area (Å²) in [6, 6.07) is 3.88. The lowest BCUT2D eigenvalue weighted by molar-refractivity contribution is -0.150. The first-order valence-electron chi connectivity index (χ1n) is 8.78. The Kier molecular flexibility index (Phi) is 6.27. The van der Waals surface area contributed by atoms with Crippen molar-refractivity contribution >= 4 is 28.6 Å². The number of hydrogen-bond acceptors (Lipinski definition) is 4. The highest BCUT2D eigenvalue weighted by Gasteiger charge is 2.38. The molecule has 1 aromatic heterocycles. The smallest absolute Gasteiger partial charge is 0.449 e. The molecular formula is C19H12ClF7N2O3. The second-order valence-corrected chi connectivity index (χ2v) is 6.75. The number of esters is 1. The molecular weight excluding hydrogens is 473 g/mol. The maximum atomic E-state index is 14.2. The van der Waals surface area contributed by atoms with E-state index in [0.29, 0.717) is 10.6 Å². The van der Waals surface area contributed by atoms with Crippen LogP contribution >= 0.6 is 11.6 Å². The number of halogens is 8. The molecule has 0 atom stereocenters. The SMILES string of the molecule is CCOC(=O)Cn1c(C(F)(F)F)nc2cc(Oc3c(F)cc(C(F)(F)F)cc3Cl)ccc21. The summed E-state index contributed by atoms with van der Waals surface area (Å²) in [7, 11) is 0. The van der Waals surface area contributed by atoms with Gasteiger partial charge in [-0.2, -0.15) is 26.3 Å². The van der Waals surface area contributed by atoms with Gasteiger partial charge in [-0.25, -0.2) is 9.37 Å². The number of benzene rings is 2. The van der Waals surface area contributed by atoms with Crippen molar-refractivity contribution in [2.24, 2.45) is 0 Å². The van der Waals surface area contributed by atoms with Crippen LogP contribution < -0.4 is 4.74 Å². The molecule has 3 rings (SSSR count). The number of nitrogens with zero attached hydrogens (tertiary/aromatic N) is 2. The van der Waals surface area contributed by atoms with E-state index in [-0.39, 0.29) is 29.5 Å². The largest absolute Gasteiger partial charge is 0.465 e. The van der Waals surface area contributed by atoms with Crippen molar-refractivity contribution in [3.63, 3.8) is 0 Å². The van der Waals surface area contributed by atoms with Crippen LogP contribution in [0.2, 0.25) is 5.02 Å². The zero-order chi connectivity index (χ0) is 23.8. The van der Waals surface area contributed by atoms with Crippen molar-refractivity contribution < 1.29 is 45.0 Å². The van der Waals surface area contributed by atoms with Crippen LogP contribution in [0.1, 0.15) is 18.3 Å². The van der Waals surface area contributed by atoms with Gasteiger partial charge in [-0.3, -0.25) is 4.79 Å². The quantitative estimate of drug-likeness (QED) is 0.318. The number of alkyl halides is 6. The molecule has 0 fully saturated rings. The molecule has 0 spiro atoms. The van der Waals surface area contributed by atoms with E-state index in [2.05, 4.69) is 9.72 Å². The Hall–Kier alpha value is -3.02. The summed E-state index contributed by atoms with van der Waals surface area (Å²) in [4.78, 5) is 15.2. The summed E-state index contributed by atoms with van der Waals surface area (Å²) >= 11 is 5.70. The monoisotopic (exact) mass is 484 g/mol. The third kappa shape index (κ3) is 4.90. The highest BCUT2D eigenvalue weighted by molar-refractivity contribution is 6.32. The van der Waals surface area contributed by atoms with Gasteiger partial charge < -0.3 is 14.0 Å². The van der Waals surface area contributed by atoms with Crippen LogP contribution in [0.5, 0.6) is 11.5 Å². The van der Waals surface area contributed by atoms with E-state index in [1.54, 1.807) is 0 Å². The maximum Gasteiger partial charge on any atom is 0.449 e. The van der Waals surface area contributed by atoms with Crippen molar-refractivity contribution in [3.05, 3.63) is 52.6 Å². The number of ether oxygens (including phenoxy) is 2. The number of rotatable bonds is 5. The molecule has 0 aliphatic rings. The predicted octanol–water partition coefficient (Wildman–Crippen LogP) is 6.22. The number of carbonyl (C=O) groups excluding carboxylic acids is 1. The molecule has 32 heavy (non-hydrogen) atoms. The van der Waals surface area contributed by atoms with Gasteiger partial charge in [-0.1, -0.05) is 11.6 Å². The summed E-state index contributed by atoms with van der Waals surface area (Å²) in [5.41, 5.74) is -1.70. The van der Waals surface area contributed by atoms with Crippen LogP contribution in [-0.4, -0.2) is 22.1 Å². The van der Waals surface area contributed by atoms with Gasteiger partial charge in [-0.05, 0) is 31.2 Å². The van der Waals surface area contributed by atoms with E-state index in [9.17, 15) is 35.5 Å². The van der Waals surface area contributed by atoms with Gasteiger partial charge in [0.05, 0.1) is 28.2 Å². The normalized spacial score (nSPS) is 12.3. The Morgan fingerprint density at radius 1 is 1.09 bits per heavy atom. The van der Waals surface area contributed by atoms with Gasteiger partial charge in [0.15, 0.2) is 11.6 Å². The molecule has 0 unspecified atom stereocenters. The molecule has 0 aliphatic heterocycles. The number of aromatic nitrogens is 2. The topological polar surface area (TPSA) is 53.4 Å². The molecule has 0 bridgehead atoms. The molecule has 0 radical (unpaired) electrons. The minimum absolute atomic E-state index is 0.0374. The molecule has 0 N–H and O–H groups in total. The summed E-state index contributed by atoms with van der Waals surface area (Å²) < 4.78 is 103. The van der Waals surface area contributed by atoms with Gasteiger partial charge in [-0.15, -0.1) is 0 Å². The second kappa shape index (κ2) is 8.49. The molecule has 0 saturated heterocycles. The molecule has 0 amide bonds. The van der Waals surface area contributed by atoms with Gasteiger partial charge in [0.2, 0.25) is 5.82 Å². The van der Waals surface area contributed by atoms with Crippen LogP contribution in [0.15, 0.2) is 30.3 Å². The minimum atomic E-state index is -4.91. The lowest BCUT2D eigenvalue weighted by Crippen LogP contribution is -2.20. The molecule has 2 aromatic carbocycles. The van der Waals surface area contributed by atoms with Crippen molar-refractivity contribution in [2.75, 3.05) is 6.61 Å². The summed E-state index contributed by atoms with van der Waals surface area (Å²) in [5.74, 6) is -4.71. The number of hydrogen-bond donors (Lipinski definition) is 0. The van der Waals surface area contributed by atoms with Crippen LogP contribution in [0, 0.1) is 5.82 Å². The van der Waals surface area contributed by atoms with Crippen LogP contribution in [0.3, 0.4) is 0 Å². The lowest BCUT2D eigenvalue weighted by atomic mass is 10.2. The zero-order valence-electron chi connectivity index (χ0n) is 15.9. The Morgan fingerprint density at radius 3 is 2.34 bits per heavy atom. The van der Waals surface area contributed by atoms with E-state index in [0.717, 1.165) is 18.2 Å². The molecule has 0 saturated carbocycles. The molecule has 1 heterocycles. The number of fused-ring (bicyclic) bond motifs is 1. The Morgan fingerprint density at radius 2 is 1.78 bits per heavy atom. The van der Waals surface area contributed by atoms with Gasteiger partial charge in [0.1, 0.15) is 12.3 Å². The first kappa shape index (κ1) is 23.6. The molecule has 3 aromatic rings. The number of carbonyl (C=O) groups is 1. The molecule has 5 nitrogen and oxygen atoms in total. The zero-order valence-corrected chi connectivity index (χ0v) is 16.7. The van der Waals surface area contributed by atoms with Crippen LogP contribution in [0.25, 0.3) is 11.0 Å². The Labute approximate surface area is 180 Å². The van der Waals surface area contributed by atoms with E-state index >= 15 is 0 Å². The fourth-order valence-electron chi connectivity index (χ4n) is 2.82. The van der Waals surface area contributed by atoms with E-state index in [4.69, 9.17) is 16.3 Å². The van der Waals surface area contributed by atoms with Crippen molar-refractivity contribution in [1.82, 2.24) is 9.55 Å². The highest BCUT2D eigenvalue weighted by atomic mass is 35.5. The van der Waals surface area contributed by atoms with Crippen molar-refractivity contribution in [2.45, 2.75) is 25.8 Å². The average molecular weight is 485 g/mol. The van der Waals surface area contributed by atoms with Gasteiger partial charge in [0, 0.05) is 6.07 Å². The van der Waals surface area contributed by atoms with E-state index in [1.807, 2.05) is 0 Å². The van der Waals surface area contributed by atoms with E-state index in [1.165, 1.54) is 6.92 Å². The average Bonchev–Trinajstić information content (AvgIpc) is 3.02. The summed E-state index contributed by atoms with van der Waals surface area (Å²) in [5, 5.41) is -0.693. The molecule has 0 aliphatic carbocycles. The highest BCUT2D eigenvalue weighted by Crippen LogP contribution is 2.39. The minimum Gasteiger partial charge on any atom is -0.465 e. The van der Waals surface area contributed by atoms with Crippen LogP contribution in [-0.2, 0) is 28.4 Å². The molecule has 172 valence electrons. The fraction of sp³-hybridized carbons (Fsp3) is 0.263. The van der Waals surface area contributed by atoms with Crippen molar-refractivity contribution in [3.8, 4) is 11.5 Å². The first-order valence-corrected chi connectivity index (χ1v) is 9.16. The lowest BCUT2D eigenvalue weighted by Gasteiger charge is -2.13. The molecule has 13 heteroatoms. The fourth-order valence-corrected chi connectivity index (χ4v) is 3.07. The number of imidazole rings is 1. The van der Waals surface area contributed by atoms with Crippen molar-refractivity contribution in [1.29, 1.82) is 0 Å². The summed E-state index contributed by atoms with van der Waals surface area (Å²) in [6.07, 6.45) is -9.75. The third-order valence-corrected chi connectivity index (χ3v) is 4.39. The Balaban J connectivity index is 2.01. The third-order valence-electron chi connectivity index (χ3n) is 4.11. The maximum absolute atomic E-state index is 14.2. The first-order chi connectivity index (χ1) is 14.8. The van der Waals surface area contributed by atoms with Crippen LogP contribution in [0.4, 0.5) is 30.7 Å². The summed E-state index contributed by atoms with van der Waals surface area (Å²) in [6.45, 7) is 0.687. The second-order valence-electron chi connectivity index (χ2n) is 6.34. The van der Waals surface area contributed by atoms with E-state index < -0.39 is 52.8 Å². The van der Waals surface area contributed by atoms with Gasteiger partial charge in [0.25, 0.3) is 0 Å². The predicted molar refractivity (Wildman–Crippen MR) is 97.9 cm³/mol. The standard InChI is InChI=1S/C19H12ClF7N2O3/c1-2-31-15(30)8-29-14-4-3-10(7-13(14)28-17(29)19(25,26)27)32-16-11(20)5-9(6-12(16)21)18(22,23)24/h3-7H,2,8H2,1H3. The van der Waals surface area contributed by atoms with Gasteiger partial charge >= 0.3 is 18.3 Å².